The first-order valence-electron chi connectivity index (χ1n) is 12.8. The lowest BCUT2D eigenvalue weighted by Gasteiger charge is -2.23. The van der Waals surface area contributed by atoms with E-state index in [9.17, 15) is 9.90 Å². The van der Waals surface area contributed by atoms with Crippen LogP contribution in [-0.4, -0.2) is 46.5 Å². The summed E-state index contributed by atoms with van der Waals surface area (Å²) in [6, 6.07) is 19.3. The van der Waals surface area contributed by atoms with Crippen LogP contribution in [0.2, 0.25) is 0 Å². The van der Waals surface area contributed by atoms with E-state index in [0.717, 1.165) is 41.8 Å². The fraction of sp³-hybridized carbons (Fsp3) is 0.321. The molecular weight excluding hydrogens is 449 g/mol. The number of nitrogens with one attached hydrogen (secondary N) is 2. The number of amides is 1. The maximum absolute atomic E-state index is 13.2. The summed E-state index contributed by atoms with van der Waals surface area (Å²) in [5.41, 5.74) is 4.18. The molecule has 4 aromatic rings. The van der Waals surface area contributed by atoms with Crippen molar-refractivity contribution in [3.05, 3.63) is 72.4 Å². The molecule has 1 amide bonds. The number of phenolic OH excluding ortho intramolecular Hbond substituents is 1. The van der Waals surface area contributed by atoms with Gasteiger partial charge >= 0.3 is 0 Å². The molecule has 5 rings (SSSR count). The molecule has 2 aromatic carbocycles. The van der Waals surface area contributed by atoms with Crippen molar-refractivity contribution < 1.29 is 9.90 Å². The summed E-state index contributed by atoms with van der Waals surface area (Å²) in [6.07, 6.45) is 7.22. The third-order valence-corrected chi connectivity index (χ3v) is 7.10. The summed E-state index contributed by atoms with van der Waals surface area (Å²) < 4.78 is 1.78. The molecular formula is C28H32BN5O2. The molecule has 7 nitrogen and oxygen atoms in total. The Labute approximate surface area is 212 Å². The lowest BCUT2D eigenvalue weighted by atomic mass is 9.84. The van der Waals surface area contributed by atoms with E-state index in [2.05, 4.69) is 27.9 Å². The second-order valence-electron chi connectivity index (χ2n) is 9.61. The predicted molar refractivity (Wildman–Crippen MR) is 146 cm³/mol. The van der Waals surface area contributed by atoms with E-state index in [1.54, 1.807) is 22.8 Å². The van der Waals surface area contributed by atoms with Crippen molar-refractivity contribution in [2.75, 3.05) is 18.4 Å². The van der Waals surface area contributed by atoms with Crippen molar-refractivity contribution in [3.63, 3.8) is 0 Å². The van der Waals surface area contributed by atoms with Gasteiger partial charge in [-0.3, -0.25) is 4.79 Å². The third kappa shape index (κ3) is 5.08. The van der Waals surface area contributed by atoms with E-state index >= 15 is 0 Å². The molecule has 2 heterocycles. The van der Waals surface area contributed by atoms with Crippen LogP contribution in [0.1, 0.15) is 43.6 Å². The molecule has 1 aliphatic carbocycles. The molecule has 184 valence electrons. The lowest BCUT2D eigenvalue weighted by molar-refractivity contribution is -0.123. The Balaban J connectivity index is 1.23. The molecule has 1 aliphatic rings. The van der Waals surface area contributed by atoms with Crippen LogP contribution in [0.15, 0.2) is 66.9 Å². The van der Waals surface area contributed by atoms with Gasteiger partial charge in [0.1, 0.15) is 19.4 Å². The molecule has 0 bridgehead atoms. The quantitative estimate of drug-likeness (QED) is 0.252. The standard InChI is InChI=1S/C28H32BN5O2/c29-22-18-32-34-25(17-23(33-27(22)34)21-13-6-7-14-24(21)35)30-15-8-16-31-28(36)26(20-11-4-5-12-20)19-9-2-1-3-10-19/h1-3,6-7,9-10,13-14,17-18,20,26,30,35H,4-5,8,11-12,15-16,29H2,(H,31,36). The first-order chi connectivity index (χ1) is 17.6. The number of para-hydroxylation sites is 1. The number of hydrogen-bond acceptors (Lipinski definition) is 5. The number of aromatic hydroxyl groups is 1. The largest absolute Gasteiger partial charge is 0.507 e. The van der Waals surface area contributed by atoms with Crippen molar-refractivity contribution in [1.29, 1.82) is 0 Å². The number of anilines is 1. The minimum absolute atomic E-state index is 0.0744. The highest BCUT2D eigenvalue weighted by Gasteiger charge is 2.31. The van der Waals surface area contributed by atoms with E-state index < -0.39 is 0 Å². The molecule has 0 radical (unpaired) electrons. The number of carbonyl (C=O) groups is 1. The Kier molecular flexibility index (Phi) is 7.21. The molecule has 3 N–H and O–H groups in total. The van der Waals surface area contributed by atoms with E-state index in [-0.39, 0.29) is 17.6 Å². The highest BCUT2D eigenvalue weighted by molar-refractivity contribution is 6.36. The van der Waals surface area contributed by atoms with Crippen molar-refractivity contribution in [2.45, 2.75) is 38.0 Å². The molecule has 0 saturated heterocycles. The molecule has 1 atom stereocenters. The van der Waals surface area contributed by atoms with Gasteiger partial charge in [0, 0.05) is 30.9 Å². The van der Waals surface area contributed by atoms with Gasteiger partial charge in [0.2, 0.25) is 5.91 Å². The van der Waals surface area contributed by atoms with Gasteiger partial charge in [-0.1, -0.05) is 55.3 Å². The molecule has 36 heavy (non-hydrogen) atoms. The summed E-state index contributed by atoms with van der Waals surface area (Å²) in [7, 11) is 1.97. The number of benzene rings is 2. The van der Waals surface area contributed by atoms with Gasteiger partial charge in [0.05, 0.1) is 11.6 Å². The Bertz CT molecular complexity index is 1330. The fourth-order valence-corrected chi connectivity index (χ4v) is 5.24. The van der Waals surface area contributed by atoms with Crippen LogP contribution in [0.5, 0.6) is 5.75 Å². The number of aromatic nitrogens is 3. The average Bonchev–Trinajstić information content (AvgIpc) is 3.55. The van der Waals surface area contributed by atoms with Gasteiger partial charge in [-0.15, -0.1) is 0 Å². The Morgan fingerprint density at radius 2 is 1.83 bits per heavy atom. The number of phenols is 1. The van der Waals surface area contributed by atoms with Crippen LogP contribution in [0.25, 0.3) is 16.9 Å². The van der Waals surface area contributed by atoms with E-state index in [4.69, 9.17) is 4.98 Å². The Morgan fingerprint density at radius 3 is 2.61 bits per heavy atom. The van der Waals surface area contributed by atoms with Gasteiger partial charge in [-0.25, -0.2) is 4.98 Å². The van der Waals surface area contributed by atoms with E-state index in [0.29, 0.717) is 30.3 Å². The van der Waals surface area contributed by atoms with E-state index in [1.165, 1.54) is 12.8 Å². The first kappa shape index (κ1) is 23.9. The molecule has 8 heteroatoms. The highest BCUT2D eigenvalue weighted by Crippen LogP contribution is 2.37. The smallest absolute Gasteiger partial charge is 0.227 e. The summed E-state index contributed by atoms with van der Waals surface area (Å²) in [6.45, 7) is 1.26. The van der Waals surface area contributed by atoms with Gasteiger partial charge in [0.25, 0.3) is 0 Å². The molecule has 1 fully saturated rings. The zero-order chi connectivity index (χ0) is 24.9. The third-order valence-electron chi connectivity index (χ3n) is 7.10. The van der Waals surface area contributed by atoms with Crippen LogP contribution in [0.4, 0.5) is 5.82 Å². The molecule has 0 aliphatic heterocycles. The zero-order valence-corrected chi connectivity index (χ0v) is 20.7. The van der Waals surface area contributed by atoms with Gasteiger partial charge in [-0.05, 0) is 48.3 Å². The maximum atomic E-state index is 13.2. The summed E-state index contributed by atoms with van der Waals surface area (Å²) >= 11 is 0. The van der Waals surface area contributed by atoms with Crippen molar-refractivity contribution >= 4 is 30.7 Å². The van der Waals surface area contributed by atoms with Crippen LogP contribution in [-0.2, 0) is 4.79 Å². The molecule has 0 spiro atoms. The number of nitrogens with zero attached hydrogens (tertiary/aromatic N) is 3. The van der Waals surface area contributed by atoms with Crippen LogP contribution >= 0.6 is 0 Å². The van der Waals surface area contributed by atoms with Crippen LogP contribution in [0, 0.1) is 5.92 Å². The zero-order valence-electron chi connectivity index (χ0n) is 20.7. The van der Waals surface area contributed by atoms with Crippen molar-refractivity contribution in [3.8, 4) is 17.0 Å². The van der Waals surface area contributed by atoms with Crippen molar-refractivity contribution in [1.82, 2.24) is 19.9 Å². The minimum atomic E-state index is -0.0744. The number of rotatable bonds is 9. The van der Waals surface area contributed by atoms with Crippen LogP contribution in [0.3, 0.4) is 0 Å². The number of hydrogen-bond donors (Lipinski definition) is 3. The van der Waals surface area contributed by atoms with Crippen LogP contribution < -0.4 is 16.1 Å². The number of carbonyl (C=O) groups excluding carboxylic acids is 1. The highest BCUT2D eigenvalue weighted by atomic mass is 16.3. The average molecular weight is 481 g/mol. The summed E-state index contributed by atoms with van der Waals surface area (Å²) in [5, 5.41) is 21.4. The second-order valence-corrected chi connectivity index (χ2v) is 9.61. The van der Waals surface area contributed by atoms with Gasteiger partial charge < -0.3 is 15.7 Å². The maximum Gasteiger partial charge on any atom is 0.227 e. The second kappa shape index (κ2) is 10.9. The first-order valence-corrected chi connectivity index (χ1v) is 12.8. The Morgan fingerprint density at radius 1 is 1.08 bits per heavy atom. The minimum Gasteiger partial charge on any atom is -0.507 e. The van der Waals surface area contributed by atoms with Gasteiger partial charge in [-0.2, -0.15) is 9.61 Å². The predicted octanol–water partition coefficient (Wildman–Crippen LogP) is 3.25. The summed E-state index contributed by atoms with van der Waals surface area (Å²) in [4.78, 5) is 17.9. The molecule has 1 unspecified atom stereocenters. The van der Waals surface area contributed by atoms with E-state index in [1.807, 2.05) is 44.2 Å². The summed E-state index contributed by atoms with van der Waals surface area (Å²) in [5.74, 6) is 1.46. The Hall–Kier alpha value is -3.81. The van der Waals surface area contributed by atoms with Crippen molar-refractivity contribution in [2.24, 2.45) is 5.92 Å². The lowest BCUT2D eigenvalue weighted by Crippen LogP contribution is -2.34. The molecule has 2 aromatic heterocycles. The fourth-order valence-electron chi connectivity index (χ4n) is 5.24. The topological polar surface area (TPSA) is 91.5 Å². The van der Waals surface area contributed by atoms with Gasteiger partial charge in [0.15, 0.2) is 5.65 Å². The monoisotopic (exact) mass is 481 g/mol. The molecule has 1 saturated carbocycles. The normalized spacial score (nSPS) is 14.7. The number of fused-ring (bicyclic) bond motifs is 1. The SMILES string of the molecule is Bc1cnn2c(NCCCNC(=O)C(c3ccccc3)C3CCCC3)cc(-c3ccccc3O)nc12.